The van der Waals surface area contributed by atoms with Crippen molar-refractivity contribution in [3.8, 4) is 0 Å². The maximum Gasteiger partial charge on any atom is 0.306 e. The Hall–Kier alpha value is -1.45. The first-order chi connectivity index (χ1) is 8.10. The number of hydrogen-bond donors (Lipinski definition) is 0. The van der Waals surface area contributed by atoms with Gasteiger partial charge in [0.15, 0.2) is 11.9 Å². The van der Waals surface area contributed by atoms with Gasteiger partial charge in [0.1, 0.15) is 0 Å². The maximum absolute atomic E-state index is 11.8. The summed E-state index contributed by atoms with van der Waals surface area (Å²) in [5.41, 5.74) is 0.215. The minimum Gasteiger partial charge on any atom is -0.453 e. The summed E-state index contributed by atoms with van der Waals surface area (Å²) in [6.45, 7) is 3.70. The minimum absolute atomic E-state index is 0.00251. The van der Waals surface area contributed by atoms with Gasteiger partial charge in [0, 0.05) is 6.42 Å². The van der Waals surface area contributed by atoms with Crippen LogP contribution in [0.15, 0.2) is 11.6 Å². The average Bonchev–Trinajstić information content (AvgIpc) is 2.56. The molecule has 0 spiro atoms. The van der Waals surface area contributed by atoms with Crippen LogP contribution in [0.5, 0.6) is 0 Å². The Morgan fingerprint density at radius 3 is 2.71 bits per heavy atom. The SMILES string of the molecule is CCCC/C=C1\C(=O)CC(OC(=O)CC)C1=O. The standard InChI is InChI=1S/C13H18O4/c1-3-5-6-7-9-10(14)8-11(13(9)16)17-12(15)4-2/h7,11H,3-6,8H2,1-2H3/b9-7+. The van der Waals surface area contributed by atoms with E-state index in [2.05, 4.69) is 0 Å². The molecule has 0 heterocycles. The molecule has 0 radical (unpaired) electrons. The molecule has 0 aromatic heterocycles. The van der Waals surface area contributed by atoms with Gasteiger partial charge in [-0.1, -0.05) is 32.8 Å². The van der Waals surface area contributed by atoms with Crippen LogP contribution >= 0.6 is 0 Å². The molecule has 4 heteroatoms. The summed E-state index contributed by atoms with van der Waals surface area (Å²) in [6.07, 6.45) is 3.69. The van der Waals surface area contributed by atoms with E-state index in [0.717, 1.165) is 19.3 Å². The first-order valence-electron chi connectivity index (χ1n) is 6.07. The van der Waals surface area contributed by atoms with Gasteiger partial charge in [-0.25, -0.2) is 0 Å². The number of allylic oxidation sites excluding steroid dienone is 1. The molecule has 0 aromatic rings. The number of ketones is 2. The van der Waals surface area contributed by atoms with Gasteiger partial charge in [-0.2, -0.15) is 0 Å². The number of Topliss-reactive ketones (excluding diaryl/α,β-unsaturated/α-hetero) is 2. The molecule has 1 aliphatic rings. The molecule has 1 atom stereocenters. The second-order valence-corrected chi connectivity index (χ2v) is 4.08. The third-order valence-corrected chi connectivity index (χ3v) is 2.70. The summed E-state index contributed by atoms with van der Waals surface area (Å²) in [6, 6.07) is 0. The van der Waals surface area contributed by atoms with Crippen LogP contribution in [0.4, 0.5) is 0 Å². The third kappa shape index (κ3) is 3.51. The highest BCUT2D eigenvalue weighted by Gasteiger charge is 2.38. The average molecular weight is 238 g/mol. The van der Waals surface area contributed by atoms with Crippen molar-refractivity contribution >= 4 is 17.5 Å². The van der Waals surface area contributed by atoms with Crippen molar-refractivity contribution in [3.63, 3.8) is 0 Å². The molecule has 1 rings (SSSR count). The lowest BCUT2D eigenvalue weighted by molar-refractivity contribution is -0.152. The smallest absolute Gasteiger partial charge is 0.306 e. The van der Waals surface area contributed by atoms with Crippen molar-refractivity contribution in [1.82, 2.24) is 0 Å². The van der Waals surface area contributed by atoms with Crippen molar-refractivity contribution in [2.45, 2.75) is 52.1 Å². The molecule has 0 amide bonds. The number of hydrogen-bond acceptors (Lipinski definition) is 4. The highest BCUT2D eigenvalue weighted by Crippen LogP contribution is 2.21. The van der Waals surface area contributed by atoms with Crippen LogP contribution in [-0.4, -0.2) is 23.6 Å². The van der Waals surface area contributed by atoms with Crippen LogP contribution in [0, 0.1) is 0 Å². The Balaban J connectivity index is 2.65. The van der Waals surface area contributed by atoms with E-state index in [4.69, 9.17) is 4.74 Å². The molecular formula is C13H18O4. The van der Waals surface area contributed by atoms with Crippen LogP contribution in [-0.2, 0) is 19.1 Å². The number of ether oxygens (including phenoxy) is 1. The first-order valence-corrected chi connectivity index (χ1v) is 6.07. The lowest BCUT2D eigenvalue weighted by Gasteiger charge is -2.07. The number of rotatable bonds is 5. The Kier molecular flexibility index (Phi) is 5.07. The van der Waals surface area contributed by atoms with Crippen LogP contribution in [0.25, 0.3) is 0 Å². The molecule has 0 saturated heterocycles. The monoisotopic (exact) mass is 238 g/mol. The Labute approximate surface area is 101 Å². The zero-order valence-electron chi connectivity index (χ0n) is 10.3. The predicted octanol–water partition coefficient (Wildman–Crippen LogP) is 1.97. The summed E-state index contributed by atoms with van der Waals surface area (Å²) >= 11 is 0. The van der Waals surface area contributed by atoms with Crippen molar-refractivity contribution in [2.75, 3.05) is 0 Å². The fraction of sp³-hybridized carbons (Fsp3) is 0.615. The van der Waals surface area contributed by atoms with E-state index < -0.39 is 12.1 Å². The second kappa shape index (κ2) is 6.33. The Morgan fingerprint density at radius 2 is 2.12 bits per heavy atom. The molecule has 0 N–H and O–H groups in total. The zero-order valence-corrected chi connectivity index (χ0v) is 10.3. The molecule has 1 unspecified atom stereocenters. The van der Waals surface area contributed by atoms with E-state index in [-0.39, 0.29) is 30.0 Å². The van der Waals surface area contributed by atoms with Crippen LogP contribution < -0.4 is 0 Å². The fourth-order valence-electron chi connectivity index (χ4n) is 1.68. The van der Waals surface area contributed by atoms with Crippen LogP contribution in [0.1, 0.15) is 46.0 Å². The summed E-state index contributed by atoms with van der Waals surface area (Å²) in [5.74, 6) is -0.987. The Morgan fingerprint density at radius 1 is 1.41 bits per heavy atom. The minimum atomic E-state index is -0.886. The van der Waals surface area contributed by atoms with E-state index in [9.17, 15) is 14.4 Å². The predicted molar refractivity (Wildman–Crippen MR) is 62.4 cm³/mol. The van der Waals surface area contributed by atoms with E-state index in [1.54, 1.807) is 13.0 Å². The molecule has 0 aliphatic heterocycles. The topological polar surface area (TPSA) is 60.4 Å². The molecule has 1 fully saturated rings. The van der Waals surface area contributed by atoms with Gasteiger partial charge >= 0.3 is 5.97 Å². The summed E-state index contributed by atoms with van der Waals surface area (Å²) in [7, 11) is 0. The molecule has 4 nitrogen and oxygen atoms in total. The number of carbonyl (C=O) groups excluding carboxylic acids is 3. The first kappa shape index (κ1) is 13.6. The Bertz CT molecular complexity index is 354. The normalized spacial score (nSPS) is 22.2. The van der Waals surface area contributed by atoms with Crippen LogP contribution in [0.2, 0.25) is 0 Å². The lowest BCUT2D eigenvalue weighted by atomic mass is 10.1. The number of unbranched alkanes of at least 4 members (excludes halogenated alkanes) is 2. The molecule has 94 valence electrons. The van der Waals surface area contributed by atoms with Crippen molar-refractivity contribution in [3.05, 3.63) is 11.6 Å². The lowest BCUT2D eigenvalue weighted by Crippen LogP contribution is -2.22. The number of carbonyl (C=O) groups is 3. The van der Waals surface area contributed by atoms with Gasteiger partial charge in [-0.05, 0) is 6.42 Å². The second-order valence-electron chi connectivity index (χ2n) is 4.08. The quantitative estimate of drug-likeness (QED) is 0.318. The third-order valence-electron chi connectivity index (χ3n) is 2.70. The molecule has 0 aromatic carbocycles. The van der Waals surface area contributed by atoms with Crippen LogP contribution in [0.3, 0.4) is 0 Å². The van der Waals surface area contributed by atoms with E-state index in [1.165, 1.54) is 0 Å². The van der Waals surface area contributed by atoms with E-state index >= 15 is 0 Å². The van der Waals surface area contributed by atoms with Gasteiger partial charge in [-0.3, -0.25) is 14.4 Å². The highest BCUT2D eigenvalue weighted by atomic mass is 16.5. The van der Waals surface area contributed by atoms with E-state index in [0.29, 0.717) is 0 Å². The highest BCUT2D eigenvalue weighted by molar-refractivity contribution is 6.27. The van der Waals surface area contributed by atoms with Crippen molar-refractivity contribution < 1.29 is 19.1 Å². The van der Waals surface area contributed by atoms with Crippen molar-refractivity contribution in [2.24, 2.45) is 0 Å². The van der Waals surface area contributed by atoms with Gasteiger partial charge in [0.05, 0.1) is 12.0 Å². The van der Waals surface area contributed by atoms with E-state index in [1.807, 2.05) is 6.92 Å². The molecular weight excluding hydrogens is 220 g/mol. The molecule has 17 heavy (non-hydrogen) atoms. The molecule has 1 saturated carbocycles. The maximum atomic E-state index is 11.8. The van der Waals surface area contributed by atoms with Gasteiger partial charge in [0.25, 0.3) is 0 Å². The molecule has 0 bridgehead atoms. The zero-order chi connectivity index (χ0) is 12.8. The number of esters is 1. The largest absolute Gasteiger partial charge is 0.453 e. The summed E-state index contributed by atoms with van der Waals surface area (Å²) < 4.78 is 4.93. The van der Waals surface area contributed by atoms with Gasteiger partial charge in [0.2, 0.25) is 5.78 Å². The summed E-state index contributed by atoms with van der Waals surface area (Å²) in [5, 5.41) is 0. The molecule has 1 aliphatic carbocycles. The van der Waals surface area contributed by atoms with Gasteiger partial charge < -0.3 is 4.74 Å². The van der Waals surface area contributed by atoms with Gasteiger partial charge in [-0.15, -0.1) is 0 Å². The summed E-state index contributed by atoms with van der Waals surface area (Å²) in [4.78, 5) is 34.5. The fourth-order valence-corrected chi connectivity index (χ4v) is 1.68. The van der Waals surface area contributed by atoms with Crippen molar-refractivity contribution in [1.29, 1.82) is 0 Å².